The minimum Gasteiger partial charge on any atom is -0.389 e. The highest BCUT2D eigenvalue weighted by molar-refractivity contribution is 5.85. The summed E-state index contributed by atoms with van der Waals surface area (Å²) in [5, 5.41) is 10.3. The zero-order valence-electron chi connectivity index (χ0n) is 12.9. The van der Waals surface area contributed by atoms with Crippen LogP contribution in [-0.4, -0.2) is 66.9 Å². The van der Waals surface area contributed by atoms with Gasteiger partial charge in [-0.25, -0.2) is 0 Å². The van der Waals surface area contributed by atoms with Crippen LogP contribution in [-0.2, 0) is 9.53 Å². The predicted octanol–water partition coefficient (Wildman–Crippen LogP) is 0.518. The largest absolute Gasteiger partial charge is 0.389 e. The highest BCUT2D eigenvalue weighted by atomic mass is 16.5. The molecule has 1 aromatic rings. The Kier molecular flexibility index (Phi) is 4.31. The second-order valence-electron chi connectivity index (χ2n) is 6.27. The Morgan fingerprint density at radius 2 is 2.09 bits per heavy atom. The van der Waals surface area contributed by atoms with Gasteiger partial charge in [-0.2, -0.15) is 0 Å². The average Bonchev–Trinajstić information content (AvgIpc) is 3.33. The molecule has 22 heavy (non-hydrogen) atoms. The lowest BCUT2D eigenvalue weighted by Crippen LogP contribution is -2.43. The van der Waals surface area contributed by atoms with Crippen molar-refractivity contribution >= 4 is 11.6 Å². The summed E-state index contributed by atoms with van der Waals surface area (Å²) >= 11 is 0. The number of carbonyl (C=O) groups is 1. The highest BCUT2D eigenvalue weighted by Crippen LogP contribution is 2.47. The van der Waals surface area contributed by atoms with Crippen LogP contribution in [0, 0.1) is 5.41 Å². The van der Waals surface area contributed by atoms with E-state index >= 15 is 0 Å². The third kappa shape index (κ3) is 3.08. The SMILES string of the molecule is COCC1(C(=O)N2CCN(c3ccncc3)CC(O)C2)CC1. The summed E-state index contributed by atoms with van der Waals surface area (Å²) < 4.78 is 5.20. The van der Waals surface area contributed by atoms with Crippen molar-refractivity contribution in [3.05, 3.63) is 24.5 Å². The fourth-order valence-corrected chi connectivity index (χ4v) is 3.15. The first kappa shape index (κ1) is 15.2. The smallest absolute Gasteiger partial charge is 0.231 e. The van der Waals surface area contributed by atoms with E-state index in [-0.39, 0.29) is 11.3 Å². The van der Waals surface area contributed by atoms with Crippen LogP contribution in [0.15, 0.2) is 24.5 Å². The molecule has 6 nitrogen and oxygen atoms in total. The summed E-state index contributed by atoms with van der Waals surface area (Å²) in [6.07, 6.45) is 4.72. The summed E-state index contributed by atoms with van der Waals surface area (Å²) in [6.45, 7) is 2.75. The van der Waals surface area contributed by atoms with Crippen LogP contribution < -0.4 is 4.90 Å². The van der Waals surface area contributed by atoms with Crippen molar-refractivity contribution in [3.8, 4) is 0 Å². The minimum absolute atomic E-state index is 0.130. The van der Waals surface area contributed by atoms with Crippen molar-refractivity contribution in [2.45, 2.75) is 18.9 Å². The lowest BCUT2D eigenvalue weighted by atomic mass is 10.1. The lowest BCUT2D eigenvalue weighted by Gasteiger charge is -2.26. The molecule has 120 valence electrons. The lowest BCUT2D eigenvalue weighted by molar-refractivity contribution is -0.139. The Labute approximate surface area is 130 Å². The molecular formula is C16H23N3O3. The number of methoxy groups -OCH3 is 1. The fourth-order valence-electron chi connectivity index (χ4n) is 3.15. The molecule has 0 spiro atoms. The van der Waals surface area contributed by atoms with E-state index < -0.39 is 6.10 Å². The number of amides is 1. The van der Waals surface area contributed by atoms with Gasteiger partial charge in [-0.05, 0) is 25.0 Å². The quantitative estimate of drug-likeness (QED) is 0.878. The van der Waals surface area contributed by atoms with E-state index in [1.54, 1.807) is 24.4 Å². The first-order chi connectivity index (χ1) is 10.6. The van der Waals surface area contributed by atoms with E-state index in [1.165, 1.54) is 0 Å². The number of nitrogens with zero attached hydrogens (tertiary/aromatic N) is 3. The number of carbonyl (C=O) groups excluding carboxylic acids is 1. The van der Waals surface area contributed by atoms with Gasteiger partial charge < -0.3 is 19.6 Å². The van der Waals surface area contributed by atoms with Crippen LogP contribution >= 0.6 is 0 Å². The molecule has 1 atom stereocenters. The van der Waals surface area contributed by atoms with Gasteiger partial charge >= 0.3 is 0 Å². The molecule has 2 heterocycles. The van der Waals surface area contributed by atoms with Gasteiger partial charge in [0.2, 0.25) is 5.91 Å². The van der Waals surface area contributed by atoms with Crippen molar-refractivity contribution < 1.29 is 14.6 Å². The van der Waals surface area contributed by atoms with Crippen LogP contribution in [0.25, 0.3) is 0 Å². The number of aromatic nitrogens is 1. The first-order valence-corrected chi connectivity index (χ1v) is 7.76. The van der Waals surface area contributed by atoms with E-state index in [0.29, 0.717) is 26.2 Å². The Bertz CT molecular complexity index is 519. The number of pyridine rings is 1. The maximum absolute atomic E-state index is 12.7. The van der Waals surface area contributed by atoms with Gasteiger partial charge in [-0.3, -0.25) is 9.78 Å². The minimum atomic E-state index is -0.544. The molecule has 1 aliphatic carbocycles. The number of aliphatic hydroxyl groups is 1. The van der Waals surface area contributed by atoms with E-state index in [4.69, 9.17) is 4.74 Å². The summed E-state index contributed by atoms with van der Waals surface area (Å²) in [4.78, 5) is 20.6. The maximum Gasteiger partial charge on any atom is 0.231 e. The number of hydrogen-bond acceptors (Lipinski definition) is 5. The van der Waals surface area contributed by atoms with Crippen molar-refractivity contribution in [1.82, 2.24) is 9.88 Å². The summed E-state index contributed by atoms with van der Waals surface area (Å²) in [5.41, 5.74) is 0.696. The van der Waals surface area contributed by atoms with Gasteiger partial charge in [0.05, 0.1) is 18.1 Å². The molecule has 2 fully saturated rings. The number of hydrogen-bond donors (Lipinski definition) is 1. The van der Waals surface area contributed by atoms with Crippen molar-refractivity contribution in [2.75, 3.05) is 44.8 Å². The van der Waals surface area contributed by atoms with Gasteiger partial charge in [0.25, 0.3) is 0 Å². The molecule has 1 aromatic heterocycles. The zero-order chi connectivity index (χ0) is 15.6. The average molecular weight is 305 g/mol. The molecule has 1 saturated carbocycles. The van der Waals surface area contributed by atoms with Crippen molar-refractivity contribution in [2.24, 2.45) is 5.41 Å². The standard InChI is InChI=1S/C16H23N3O3/c1-22-12-16(4-5-16)15(21)19-9-8-18(10-14(20)11-19)13-2-6-17-7-3-13/h2-3,6-7,14,20H,4-5,8-12H2,1H3. The monoisotopic (exact) mass is 305 g/mol. The number of rotatable bonds is 4. The van der Waals surface area contributed by atoms with Gasteiger partial charge in [0.1, 0.15) is 0 Å². The van der Waals surface area contributed by atoms with E-state index in [0.717, 1.165) is 25.1 Å². The zero-order valence-corrected chi connectivity index (χ0v) is 12.9. The molecular weight excluding hydrogens is 282 g/mol. The molecule has 1 aliphatic heterocycles. The topological polar surface area (TPSA) is 65.9 Å². The van der Waals surface area contributed by atoms with Gasteiger partial charge in [-0.15, -0.1) is 0 Å². The highest BCUT2D eigenvalue weighted by Gasteiger charge is 2.52. The number of ether oxygens (including phenoxy) is 1. The molecule has 0 aromatic carbocycles. The third-order valence-corrected chi connectivity index (χ3v) is 4.55. The molecule has 0 bridgehead atoms. The van der Waals surface area contributed by atoms with Crippen molar-refractivity contribution in [1.29, 1.82) is 0 Å². The molecule has 1 saturated heterocycles. The van der Waals surface area contributed by atoms with Crippen LogP contribution in [0.1, 0.15) is 12.8 Å². The van der Waals surface area contributed by atoms with Crippen LogP contribution in [0.3, 0.4) is 0 Å². The second-order valence-corrected chi connectivity index (χ2v) is 6.27. The molecule has 1 amide bonds. The fraction of sp³-hybridized carbons (Fsp3) is 0.625. The van der Waals surface area contributed by atoms with Crippen LogP contribution in [0.2, 0.25) is 0 Å². The number of aliphatic hydroxyl groups excluding tert-OH is 1. The van der Waals surface area contributed by atoms with E-state index in [2.05, 4.69) is 9.88 Å². The summed E-state index contributed by atoms with van der Waals surface area (Å²) in [6, 6.07) is 3.86. The summed E-state index contributed by atoms with van der Waals surface area (Å²) in [7, 11) is 1.63. The Hall–Kier alpha value is -1.66. The maximum atomic E-state index is 12.7. The molecule has 2 aliphatic rings. The third-order valence-electron chi connectivity index (χ3n) is 4.55. The van der Waals surface area contributed by atoms with Crippen LogP contribution in [0.4, 0.5) is 5.69 Å². The Morgan fingerprint density at radius 1 is 1.36 bits per heavy atom. The number of anilines is 1. The van der Waals surface area contributed by atoms with Crippen LogP contribution in [0.5, 0.6) is 0 Å². The van der Waals surface area contributed by atoms with E-state index in [1.807, 2.05) is 12.1 Å². The van der Waals surface area contributed by atoms with Gasteiger partial charge in [-0.1, -0.05) is 0 Å². The predicted molar refractivity (Wildman–Crippen MR) is 82.6 cm³/mol. The van der Waals surface area contributed by atoms with E-state index in [9.17, 15) is 9.90 Å². The van der Waals surface area contributed by atoms with Gasteiger partial charge in [0.15, 0.2) is 0 Å². The molecule has 0 radical (unpaired) electrons. The Morgan fingerprint density at radius 3 is 2.73 bits per heavy atom. The normalized spacial score (nSPS) is 24.0. The molecule has 1 N–H and O–H groups in total. The molecule has 3 rings (SSSR count). The second kappa shape index (κ2) is 6.22. The molecule has 6 heteroatoms. The van der Waals surface area contributed by atoms with Gasteiger partial charge in [0, 0.05) is 51.4 Å². The summed E-state index contributed by atoms with van der Waals surface area (Å²) in [5.74, 6) is 0.130. The Balaban J connectivity index is 1.68. The molecule has 1 unspecified atom stereocenters. The van der Waals surface area contributed by atoms with Crippen molar-refractivity contribution in [3.63, 3.8) is 0 Å². The first-order valence-electron chi connectivity index (χ1n) is 7.76. The number of β-amino-alcohol motifs (C(OH)–C–C–N with tert-alkyl or cyclic N) is 1.